The molecule has 3 nitrogen and oxygen atoms in total. The maximum Gasteiger partial charge on any atom is 0.130 e. The van der Waals surface area contributed by atoms with Crippen LogP contribution in [0, 0.1) is 0 Å². The molecule has 2 aromatic heterocycles. The van der Waals surface area contributed by atoms with E-state index in [1.165, 1.54) is 11.3 Å². The van der Waals surface area contributed by atoms with Crippen molar-refractivity contribution >= 4 is 34.5 Å². The molecule has 2 aromatic rings. The highest BCUT2D eigenvalue weighted by molar-refractivity contribution is 7.20. The van der Waals surface area contributed by atoms with Gasteiger partial charge in [-0.1, -0.05) is 23.2 Å². The van der Waals surface area contributed by atoms with E-state index in [-0.39, 0.29) is 6.04 Å². The molecule has 0 fully saturated rings. The van der Waals surface area contributed by atoms with E-state index in [2.05, 4.69) is 21.8 Å². The van der Waals surface area contributed by atoms with E-state index in [9.17, 15) is 0 Å². The first-order chi connectivity index (χ1) is 8.17. The van der Waals surface area contributed by atoms with E-state index in [4.69, 9.17) is 23.2 Å². The number of rotatable bonds is 4. The first kappa shape index (κ1) is 12.9. The maximum atomic E-state index is 6.19. The lowest BCUT2D eigenvalue weighted by atomic mass is 10.1. The van der Waals surface area contributed by atoms with Gasteiger partial charge >= 0.3 is 0 Å². The molecule has 6 heteroatoms. The Hall–Kier alpha value is -0.550. The minimum Gasteiger partial charge on any atom is -0.334 e. The van der Waals surface area contributed by atoms with Gasteiger partial charge in [-0.3, -0.25) is 0 Å². The van der Waals surface area contributed by atoms with Crippen LogP contribution in [0.4, 0.5) is 0 Å². The van der Waals surface area contributed by atoms with E-state index in [1.807, 2.05) is 19.3 Å². The quantitative estimate of drug-likeness (QED) is 0.932. The van der Waals surface area contributed by atoms with Crippen LogP contribution in [0.5, 0.6) is 0 Å². The molecule has 0 radical (unpaired) electrons. The third-order valence-corrected chi connectivity index (χ3v) is 4.15. The molecule has 0 aliphatic heterocycles. The lowest BCUT2D eigenvalue weighted by Crippen LogP contribution is -2.21. The molecule has 0 amide bonds. The van der Waals surface area contributed by atoms with Crippen molar-refractivity contribution in [3.05, 3.63) is 38.5 Å². The number of hydrogen-bond donors (Lipinski definition) is 1. The Balaban J connectivity index is 2.43. The van der Waals surface area contributed by atoms with Crippen LogP contribution < -0.4 is 5.32 Å². The molecule has 1 atom stereocenters. The molecular formula is C11H13Cl2N3S. The van der Waals surface area contributed by atoms with Gasteiger partial charge in [0, 0.05) is 24.5 Å². The highest BCUT2D eigenvalue weighted by Crippen LogP contribution is 2.36. The predicted molar refractivity (Wildman–Crippen MR) is 73.1 cm³/mol. The number of halogens is 2. The molecule has 17 heavy (non-hydrogen) atoms. The van der Waals surface area contributed by atoms with Crippen LogP contribution in [0.1, 0.15) is 24.4 Å². The standard InChI is InChI=1S/C11H13Cl2N3S/c1-3-16-5-4-15-11(16)9(14-2)7-6-8(12)17-10(7)13/h4-6,9,14H,3H2,1-2H3. The van der Waals surface area contributed by atoms with Gasteiger partial charge in [0.1, 0.15) is 5.82 Å². The maximum absolute atomic E-state index is 6.19. The molecule has 0 spiro atoms. The summed E-state index contributed by atoms with van der Waals surface area (Å²) in [6.45, 7) is 2.96. The van der Waals surface area contributed by atoms with Gasteiger partial charge in [-0.15, -0.1) is 11.3 Å². The number of thiophene rings is 1. The summed E-state index contributed by atoms with van der Waals surface area (Å²) < 4.78 is 3.49. The van der Waals surface area contributed by atoms with Crippen LogP contribution in [-0.2, 0) is 6.54 Å². The topological polar surface area (TPSA) is 29.9 Å². The fourth-order valence-electron chi connectivity index (χ4n) is 1.82. The summed E-state index contributed by atoms with van der Waals surface area (Å²) in [6.07, 6.45) is 3.76. The van der Waals surface area contributed by atoms with Gasteiger partial charge < -0.3 is 9.88 Å². The van der Waals surface area contributed by atoms with Crippen LogP contribution in [0.2, 0.25) is 8.67 Å². The summed E-state index contributed by atoms with van der Waals surface area (Å²) in [5.74, 6) is 0.950. The monoisotopic (exact) mass is 289 g/mol. The predicted octanol–water partition coefficient (Wildman–Crippen LogP) is 3.58. The smallest absolute Gasteiger partial charge is 0.130 e. The van der Waals surface area contributed by atoms with E-state index >= 15 is 0 Å². The van der Waals surface area contributed by atoms with Crippen LogP contribution in [0.15, 0.2) is 18.5 Å². The van der Waals surface area contributed by atoms with Crippen LogP contribution in [-0.4, -0.2) is 16.6 Å². The van der Waals surface area contributed by atoms with Crippen LogP contribution in [0.25, 0.3) is 0 Å². The molecule has 0 aliphatic rings. The van der Waals surface area contributed by atoms with Crippen molar-refractivity contribution in [3.63, 3.8) is 0 Å². The SMILES string of the molecule is CCn1ccnc1C(NC)c1cc(Cl)sc1Cl. The summed E-state index contributed by atoms with van der Waals surface area (Å²) in [5, 5.41) is 3.23. The highest BCUT2D eigenvalue weighted by Gasteiger charge is 2.21. The van der Waals surface area contributed by atoms with Crippen molar-refractivity contribution in [1.29, 1.82) is 0 Å². The minimum absolute atomic E-state index is 0.0267. The van der Waals surface area contributed by atoms with Gasteiger partial charge in [0.15, 0.2) is 0 Å². The third kappa shape index (κ3) is 2.50. The number of nitrogens with one attached hydrogen (secondary N) is 1. The lowest BCUT2D eigenvalue weighted by molar-refractivity contribution is 0.591. The van der Waals surface area contributed by atoms with Crippen molar-refractivity contribution in [2.24, 2.45) is 0 Å². The third-order valence-electron chi connectivity index (χ3n) is 2.63. The second-order valence-electron chi connectivity index (χ2n) is 3.57. The zero-order valence-electron chi connectivity index (χ0n) is 9.58. The molecule has 1 N–H and O–H groups in total. The first-order valence-corrected chi connectivity index (χ1v) is 6.87. The van der Waals surface area contributed by atoms with Crippen LogP contribution >= 0.6 is 34.5 Å². The van der Waals surface area contributed by atoms with Gasteiger partial charge in [0.05, 0.1) is 14.7 Å². The summed E-state index contributed by atoms with van der Waals surface area (Å²) in [6, 6.07) is 1.87. The first-order valence-electron chi connectivity index (χ1n) is 5.30. The molecule has 0 saturated carbocycles. The lowest BCUT2D eigenvalue weighted by Gasteiger charge is -2.16. The normalized spacial score (nSPS) is 12.9. The summed E-state index contributed by atoms with van der Waals surface area (Å²) in [4.78, 5) is 4.39. The van der Waals surface area contributed by atoms with Gasteiger partial charge in [-0.2, -0.15) is 0 Å². The zero-order chi connectivity index (χ0) is 12.4. The molecule has 0 bridgehead atoms. The second-order valence-corrected chi connectivity index (χ2v) is 5.86. The Morgan fingerprint density at radius 2 is 2.29 bits per heavy atom. The molecule has 0 saturated heterocycles. The largest absolute Gasteiger partial charge is 0.334 e. The average Bonchev–Trinajstić information content (AvgIpc) is 2.88. The zero-order valence-corrected chi connectivity index (χ0v) is 11.9. The van der Waals surface area contributed by atoms with E-state index in [0.29, 0.717) is 8.67 Å². The van der Waals surface area contributed by atoms with Gasteiger partial charge in [0.25, 0.3) is 0 Å². The second kappa shape index (κ2) is 5.40. The Labute approximate surface area is 114 Å². The Morgan fingerprint density at radius 1 is 1.53 bits per heavy atom. The average molecular weight is 290 g/mol. The molecular weight excluding hydrogens is 277 g/mol. The van der Waals surface area contributed by atoms with Gasteiger partial charge in [-0.25, -0.2) is 4.98 Å². The van der Waals surface area contributed by atoms with Gasteiger partial charge in [0.2, 0.25) is 0 Å². The van der Waals surface area contributed by atoms with Crippen molar-refractivity contribution in [3.8, 4) is 0 Å². The Bertz CT molecular complexity index is 507. The number of imidazole rings is 1. The number of hydrogen-bond acceptors (Lipinski definition) is 3. The number of nitrogens with zero attached hydrogens (tertiary/aromatic N) is 2. The van der Waals surface area contributed by atoms with E-state index in [1.54, 1.807) is 6.20 Å². The molecule has 1 unspecified atom stereocenters. The Kier molecular flexibility index (Phi) is 4.09. The minimum atomic E-state index is -0.0267. The van der Waals surface area contributed by atoms with Crippen molar-refractivity contribution in [2.45, 2.75) is 19.5 Å². The number of aromatic nitrogens is 2. The molecule has 0 aromatic carbocycles. The molecule has 2 heterocycles. The summed E-state index contributed by atoms with van der Waals surface area (Å²) >= 11 is 13.5. The van der Waals surface area contributed by atoms with Crippen LogP contribution in [0.3, 0.4) is 0 Å². The van der Waals surface area contributed by atoms with E-state index in [0.717, 1.165) is 17.9 Å². The fraction of sp³-hybridized carbons (Fsp3) is 0.364. The van der Waals surface area contributed by atoms with Crippen molar-refractivity contribution < 1.29 is 0 Å². The fourth-order valence-corrected chi connectivity index (χ4v) is 3.35. The van der Waals surface area contributed by atoms with Crippen molar-refractivity contribution in [1.82, 2.24) is 14.9 Å². The molecule has 2 rings (SSSR count). The van der Waals surface area contributed by atoms with Crippen molar-refractivity contribution in [2.75, 3.05) is 7.05 Å². The highest BCUT2D eigenvalue weighted by atomic mass is 35.5. The molecule has 92 valence electrons. The molecule has 0 aliphatic carbocycles. The Morgan fingerprint density at radius 3 is 2.82 bits per heavy atom. The number of aryl methyl sites for hydroxylation is 1. The van der Waals surface area contributed by atoms with Gasteiger partial charge in [-0.05, 0) is 20.0 Å². The summed E-state index contributed by atoms with van der Waals surface area (Å²) in [7, 11) is 1.89. The summed E-state index contributed by atoms with van der Waals surface area (Å²) in [5.41, 5.74) is 0.977. The van der Waals surface area contributed by atoms with E-state index < -0.39 is 0 Å².